The second-order valence-corrected chi connectivity index (χ2v) is 11.6. The lowest BCUT2D eigenvalue weighted by atomic mass is 10.1. The summed E-state index contributed by atoms with van der Waals surface area (Å²) in [5.41, 5.74) is 4.35. The molecule has 3 aliphatic rings. The smallest absolute Gasteiger partial charge is 0.270 e. The number of fused-ring (bicyclic) bond motifs is 2. The van der Waals surface area contributed by atoms with E-state index in [0.29, 0.717) is 30.7 Å². The number of nitrogens with one attached hydrogen (secondary N) is 1. The summed E-state index contributed by atoms with van der Waals surface area (Å²) in [5, 5.41) is 7.03. The van der Waals surface area contributed by atoms with Gasteiger partial charge in [-0.3, -0.25) is 4.79 Å². The predicted octanol–water partition coefficient (Wildman–Crippen LogP) is 5.62. The normalized spacial score (nSPS) is 17.1. The van der Waals surface area contributed by atoms with Gasteiger partial charge in [-0.1, -0.05) is 25.0 Å². The molecular formula is C30H32N6O4S. The minimum Gasteiger partial charge on any atom is -0.445 e. The minimum atomic E-state index is -0.0162. The van der Waals surface area contributed by atoms with Crippen LogP contribution in [-0.2, 0) is 4.74 Å². The maximum Gasteiger partial charge on any atom is 0.270 e. The first-order valence-electron chi connectivity index (χ1n) is 14.0. The standard InChI is InChI=1S/C30H32N6O4S/c1-34(2)28(37)24-15-20-16-31-30(33-27(20)36(24)22-5-3-4-6-22)32-21-9-7-19(8-10-21)23-18-41-29-26(23)40-25(17-39-29)35-11-13-38-14-12-35/h7-10,15-18,22H,3-6,11-14H2,1-2H3,(H,31,32,33). The molecule has 0 bridgehead atoms. The molecule has 1 N–H and O–H groups in total. The Hall–Kier alpha value is -4.09. The Morgan fingerprint density at radius 3 is 2.66 bits per heavy atom. The van der Waals surface area contributed by atoms with Gasteiger partial charge in [0.1, 0.15) is 11.3 Å². The van der Waals surface area contributed by atoms with Crippen molar-refractivity contribution in [3.63, 3.8) is 0 Å². The van der Waals surface area contributed by atoms with Crippen LogP contribution in [0, 0.1) is 0 Å². The molecule has 1 aromatic carbocycles. The predicted molar refractivity (Wildman–Crippen MR) is 158 cm³/mol. The SMILES string of the molecule is CN(C)C(=O)c1cc2cnc(Nc3ccc(-c4csc5c4OC(N4CCOCC4)=CO5)cc3)nc2n1C1CCCC1. The van der Waals surface area contributed by atoms with Crippen molar-refractivity contribution in [1.82, 2.24) is 24.3 Å². The highest BCUT2D eigenvalue weighted by atomic mass is 32.1. The Morgan fingerprint density at radius 2 is 1.90 bits per heavy atom. The zero-order chi connectivity index (χ0) is 27.9. The molecule has 11 heteroatoms. The van der Waals surface area contributed by atoms with Gasteiger partial charge in [-0.25, -0.2) is 4.98 Å². The van der Waals surface area contributed by atoms with Crippen LogP contribution in [0.25, 0.3) is 22.2 Å². The van der Waals surface area contributed by atoms with Gasteiger partial charge in [0.15, 0.2) is 12.0 Å². The zero-order valence-electron chi connectivity index (χ0n) is 23.1. The molecule has 10 nitrogen and oxygen atoms in total. The Kier molecular flexibility index (Phi) is 6.76. The molecule has 41 heavy (non-hydrogen) atoms. The highest BCUT2D eigenvalue weighted by Crippen LogP contribution is 2.47. The Bertz CT molecular complexity index is 1610. The molecule has 1 saturated heterocycles. The number of amides is 1. The van der Waals surface area contributed by atoms with E-state index in [1.807, 2.05) is 30.3 Å². The highest BCUT2D eigenvalue weighted by Gasteiger charge is 2.27. The van der Waals surface area contributed by atoms with Gasteiger partial charge in [-0.05, 0) is 36.6 Å². The van der Waals surface area contributed by atoms with Crippen LogP contribution in [0.1, 0.15) is 42.2 Å². The summed E-state index contributed by atoms with van der Waals surface area (Å²) >= 11 is 1.52. The van der Waals surface area contributed by atoms with E-state index in [1.165, 1.54) is 11.3 Å². The lowest BCUT2D eigenvalue weighted by molar-refractivity contribution is 0.0309. The van der Waals surface area contributed by atoms with E-state index in [9.17, 15) is 4.79 Å². The molecule has 212 valence electrons. The Labute approximate surface area is 242 Å². The van der Waals surface area contributed by atoms with E-state index >= 15 is 0 Å². The van der Waals surface area contributed by atoms with Gasteiger partial charge < -0.3 is 33.9 Å². The number of anilines is 2. The average Bonchev–Trinajstić information content (AvgIpc) is 3.76. The van der Waals surface area contributed by atoms with Crippen LogP contribution in [-0.4, -0.2) is 70.6 Å². The topological polar surface area (TPSA) is 94.0 Å². The number of morpholine rings is 1. The number of hydrogen-bond donors (Lipinski definition) is 1. The van der Waals surface area contributed by atoms with Crippen molar-refractivity contribution in [2.45, 2.75) is 31.7 Å². The fraction of sp³-hybridized carbons (Fsp3) is 0.367. The molecule has 1 amide bonds. The Balaban J connectivity index is 1.12. The number of carbonyl (C=O) groups excluding carboxylic acids is 1. The molecule has 1 saturated carbocycles. The minimum absolute atomic E-state index is 0.0162. The molecule has 0 spiro atoms. The lowest BCUT2D eigenvalue weighted by Crippen LogP contribution is -2.38. The number of ether oxygens (including phenoxy) is 3. The van der Waals surface area contributed by atoms with E-state index in [1.54, 1.807) is 31.5 Å². The maximum atomic E-state index is 13.0. The van der Waals surface area contributed by atoms with Crippen LogP contribution < -0.4 is 14.8 Å². The molecular weight excluding hydrogens is 540 g/mol. The van der Waals surface area contributed by atoms with Crippen molar-refractivity contribution < 1.29 is 19.0 Å². The number of hydrogen-bond acceptors (Lipinski definition) is 9. The second-order valence-electron chi connectivity index (χ2n) is 10.8. The highest BCUT2D eigenvalue weighted by molar-refractivity contribution is 7.12. The molecule has 1 aliphatic carbocycles. The molecule has 0 unspecified atom stereocenters. The van der Waals surface area contributed by atoms with Gasteiger partial charge in [0, 0.05) is 61.4 Å². The third kappa shape index (κ3) is 4.89. The third-order valence-corrected chi connectivity index (χ3v) is 8.70. The molecule has 4 aromatic rings. The number of benzene rings is 1. The van der Waals surface area contributed by atoms with Gasteiger partial charge in [0.2, 0.25) is 16.9 Å². The summed E-state index contributed by atoms with van der Waals surface area (Å²) in [7, 11) is 3.57. The summed E-state index contributed by atoms with van der Waals surface area (Å²) in [6.07, 6.45) is 7.91. The number of aromatic nitrogens is 3. The van der Waals surface area contributed by atoms with Crippen LogP contribution in [0.5, 0.6) is 10.8 Å². The van der Waals surface area contributed by atoms with E-state index in [2.05, 4.69) is 25.1 Å². The number of carbonyl (C=O) groups is 1. The lowest BCUT2D eigenvalue weighted by Gasteiger charge is -2.31. The zero-order valence-corrected chi connectivity index (χ0v) is 23.9. The first-order valence-corrected chi connectivity index (χ1v) is 14.9. The summed E-state index contributed by atoms with van der Waals surface area (Å²) in [6.45, 7) is 2.90. The summed E-state index contributed by atoms with van der Waals surface area (Å²) in [5.74, 6) is 1.93. The third-order valence-electron chi connectivity index (χ3n) is 7.85. The van der Waals surface area contributed by atoms with Crippen molar-refractivity contribution in [1.29, 1.82) is 0 Å². The fourth-order valence-electron chi connectivity index (χ4n) is 5.72. The largest absolute Gasteiger partial charge is 0.445 e. The first-order chi connectivity index (χ1) is 20.0. The van der Waals surface area contributed by atoms with E-state index in [4.69, 9.17) is 19.2 Å². The average molecular weight is 573 g/mol. The molecule has 5 heterocycles. The van der Waals surface area contributed by atoms with Crippen LogP contribution in [0.2, 0.25) is 0 Å². The molecule has 0 radical (unpaired) electrons. The molecule has 3 aromatic heterocycles. The van der Waals surface area contributed by atoms with Crippen molar-refractivity contribution in [2.75, 3.05) is 45.7 Å². The van der Waals surface area contributed by atoms with Crippen LogP contribution in [0.4, 0.5) is 11.6 Å². The van der Waals surface area contributed by atoms with Crippen molar-refractivity contribution in [3.05, 3.63) is 59.7 Å². The summed E-state index contributed by atoms with van der Waals surface area (Å²) in [4.78, 5) is 26.2. The number of rotatable bonds is 6. The van der Waals surface area contributed by atoms with Gasteiger partial charge in [-0.15, -0.1) is 11.3 Å². The fourth-order valence-corrected chi connectivity index (χ4v) is 6.55. The first kappa shape index (κ1) is 25.8. The van der Waals surface area contributed by atoms with Gasteiger partial charge in [0.05, 0.1) is 13.2 Å². The van der Waals surface area contributed by atoms with E-state index < -0.39 is 0 Å². The second kappa shape index (κ2) is 10.7. The molecule has 0 atom stereocenters. The van der Waals surface area contributed by atoms with Crippen molar-refractivity contribution >= 4 is 39.9 Å². The molecule has 2 fully saturated rings. The quantitative estimate of drug-likeness (QED) is 0.318. The van der Waals surface area contributed by atoms with Crippen molar-refractivity contribution in [2.24, 2.45) is 0 Å². The number of thiophene rings is 1. The number of nitrogens with zero attached hydrogens (tertiary/aromatic N) is 5. The van der Waals surface area contributed by atoms with Gasteiger partial charge in [-0.2, -0.15) is 4.98 Å². The van der Waals surface area contributed by atoms with E-state index in [-0.39, 0.29) is 11.9 Å². The van der Waals surface area contributed by atoms with Gasteiger partial charge >= 0.3 is 0 Å². The monoisotopic (exact) mass is 572 g/mol. The van der Waals surface area contributed by atoms with Gasteiger partial charge in [0.25, 0.3) is 5.91 Å². The van der Waals surface area contributed by atoms with Crippen LogP contribution in [0.3, 0.4) is 0 Å². The summed E-state index contributed by atoms with van der Waals surface area (Å²) < 4.78 is 19.8. The Morgan fingerprint density at radius 1 is 1.12 bits per heavy atom. The maximum absolute atomic E-state index is 13.0. The molecule has 7 rings (SSSR count). The molecule has 2 aliphatic heterocycles. The van der Waals surface area contributed by atoms with Crippen molar-refractivity contribution in [3.8, 4) is 21.9 Å². The summed E-state index contributed by atoms with van der Waals surface area (Å²) in [6, 6.07) is 10.3. The van der Waals surface area contributed by atoms with Crippen LogP contribution >= 0.6 is 11.3 Å². The van der Waals surface area contributed by atoms with E-state index in [0.717, 1.165) is 77.4 Å². The van der Waals surface area contributed by atoms with Crippen LogP contribution in [0.15, 0.2) is 54.1 Å².